The Bertz CT molecular complexity index is 888. The number of hydrogen-bond acceptors (Lipinski definition) is 6. The van der Waals surface area contributed by atoms with Gasteiger partial charge in [-0.05, 0) is 47.1 Å². The molecule has 0 spiro atoms. The van der Waals surface area contributed by atoms with Crippen molar-refractivity contribution in [2.24, 2.45) is 5.10 Å². The van der Waals surface area contributed by atoms with Crippen LogP contribution in [0.15, 0.2) is 39.9 Å². The molecule has 11 heteroatoms. The minimum atomic E-state index is -4.70. The van der Waals surface area contributed by atoms with Gasteiger partial charge in [0.25, 0.3) is 5.69 Å². The second-order valence-corrected chi connectivity index (χ2v) is 5.99. The van der Waals surface area contributed by atoms with E-state index in [2.05, 4.69) is 26.5 Å². The van der Waals surface area contributed by atoms with Gasteiger partial charge >= 0.3 is 6.18 Å². The van der Waals surface area contributed by atoms with Crippen molar-refractivity contribution in [2.75, 3.05) is 12.0 Å². The van der Waals surface area contributed by atoms with Crippen LogP contribution in [-0.4, -0.2) is 22.9 Å². The quantitative estimate of drug-likeness (QED) is 0.371. The van der Waals surface area contributed by atoms with Gasteiger partial charge in [-0.2, -0.15) is 18.3 Å². The minimum Gasteiger partial charge on any atom is -0.504 e. The number of nitrogens with one attached hydrogen (secondary N) is 1. The number of halogens is 4. The molecular weight excluding hydrogens is 435 g/mol. The Morgan fingerprint density at radius 3 is 2.67 bits per heavy atom. The number of hydrogen-bond donors (Lipinski definition) is 2. The standard InChI is InChI=1S/C16H13BrF3N3O4/c1-2-27-15-5-9(11(17)7-14(15)24)8-21-22-12-4-3-10(16(18,19)20)6-13(12)23(25)26/h3-8,22,24H,2H2,1H3. The molecule has 7 nitrogen and oxygen atoms in total. The number of benzene rings is 2. The third-order valence-electron chi connectivity index (χ3n) is 3.29. The Kier molecular flexibility index (Phi) is 6.26. The molecule has 0 heterocycles. The molecule has 2 aromatic rings. The first kappa shape index (κ1) is 20.5. The lowest BCUT2D eigenvalue weighted by Gasteiger charge is -2.09. The van der Waals surface area contributed by atoms with Crippen LogP contribution in [0.1, 0.15) is 18.1 Å². The van der Waals surface area contributed by atoms with E-state index in [1.165, 1.54) is 18.3 Å². The Morgan fingerprint density at radius 1 is 1.37 bits per heavy atom. The first-order chi connectivity index (χ1) is 12.6. The smallest absolute Gasteiger partial charge is 0.416 e. The van der Waals surface area contributed by atoms with Gasteiger partial charge in [0.05, 0.1) is 23.3 Å². The highest BCUT2D eigenvalue weighted by atomic mass is 79.9. The van der Waals surface area contributed by atoms with E-state index in [4.69, 9.17) is 4.74 Å². The molecule has 0 amide bonds. The third kappa shape index (κ3) is 5.09. The number of phenols is 1. The first-order valence-electron chi connectivity index (χ1n) is 7.43. The third-order valence-corrected chi connectivity index (χ3v) is 3.98. The van der Waals surface area contributed by atoms with Crippen LogP contribution in [0.4, 0.5) is 24.5 Å². The largest absolute Gasteiger partial charge is 0.504 e. The van der Waals surface area contributed by atoms with E-state index in [9.17, 15) is 28.4 Å². The van der Waals surface area contributed by atoms with Crippen molar-refractivity contribution in [3.63, 3.8) is 0 Å². The van der Waals surface area contributed by atoms with Crippen molar-refractivity contribution >= 4 is 33.5 Å². The van der Waals surface area contributed by atoms with E-state index < -0.39 is 22.4 Å². The summed E-state index contributed by atoms with van der Waals surface area (Å²) in [5.41, 5.74) is 0.722. The van der Waals surface area contributed by atoms with Gasteiger partial charge < -0.3 is 9.84 Å². The predicted octanol–water partition coefficient (Wildman–Crippen LogP) is 4.93. The topological polar surface area (TPSA) is 97.0 Å². The molecule has 2 rings (SSSR count). The number of nitrogens with zero attached hydrogens (tertiary/aromatic N) is 2. The maximum absolute atomic E-state index is 12.7. The zero-order chi connectivity index (χ0) is 20.2. The number of aromatic hydroxyl groups is 1. The average Bonchev–Trinajstić information content (AvgIpc) is 2.58. The highest BCUT2D eigenvalue weighted by molar-refractivity contribution is 9.10. The molecule has 2 aromatic carbocycles. The van der Waals surface area contributed by atoms with Crippen LogP contribution in [0.25, 0.3) is 0 Å². The van der Waals surface area contributed by atoms with Crippen molar-refractivity contribution in [1.82, 2.24) is 0 Å². The van der Waals surface area contributed by atoms with Crippen molar-refractivity contribution in [1.29, 1.82) is 0 Å². The van der Waals surface area contributed by atoms with Crippen LogP contribution in [0.2, 0.25) is 0 Å². The zero-order valence-electron chi connectivity index (χ0n) is 13.7. The molecule has 0 fully saturated rings. The van der Waals surface area contributed by atoms with E-state index >= 15 is 0 Å². The molecule has 0 saturated carbocycles. The molecule has 0 aliphatic carbocycles. The van der Waals surface area contributed by atoms with Gasteiger partial charge in [0.1, 0.15) is 5.69 Å². The average molecular weight is 448 g/mol. The summed E-state index contributed by atoms with van der Waals surface area (Å²) in [6.45, 7) is 2.06. The molecule has 0 unspecified atom stereocenters. The van der Waals surface area contributed by atoms with Crippen LogP contribution in [-0.2, 0) is 6.18 Å². The van der Waals surface area contributed by atoms with Gasteiger partial charge in [-0.25, -0.2) is 0 Å². The van der Waals surface area contributed by atoms with Crippen LogP contribution < -0.4 is 10.2 Å². The number of rotatable bonds is 6. The Labute approximate surface area is 159 Å². The SMILES string of the molecule is CCOc1cc(C=NNc2ccc(C(F)(F)F)cc2[N+](=O)[O-])c(Br)cc1O. The van der Waals surface area contributed by atoms with Gasteiger partial charge in [0.2, 0.25) is 0 Å². The summed E-state index contributed by atoms with van der Waals surface area (Å²) >= 11 is 3.22. The number of anilines is 1. The molecule has 0 bridgehead atoms. The van der Waals surface area contributed by atoms with E-state index in [0.29, 0.717) is 28.8 Å². The fourth-order valence-electron chi connectivity index (χ4n) is 2.05. The van der Waals surface area contributed by atoms with Gasteiger partial charge in [-0.1, -0.05) is 0 Å². The molecule has 27 heavy (non-hydrogen) atoms. The van der Waals surface area contributed by atoms with Crippen molar-refractivity contribution in [3.05, 3.63) is 56.0 Å². The lowest BCUT2D eigenvalue weighted by molar-refractivity contribution is -0.384. The molecule has 0 atom stereocenters. The summed E-state index contributed by atoms with van der Waals surface area (Å²) in [5.74, 6) is 0.120. The summed E-state index contributed by atoms with van der Waals surface area (Å²) in [5, 5.41) is 24.6. The van der Waals surface area contributed by atoms with Crippen molar-refractivity contribution in [2.45, 2.75) is 13.1 Å². The maximum Gasteiger partial charge on any atom is 0.416 e. The summed E-state index contributed by atoms with van der Waals surface area (Å²) in [6, 6.07) is 4.94. The molecule has 0 aromatic heterocycles. The number of nitro benzene ring substituents is 1. The number of hydrazone groups is 1. The summed E-state index contributed by atoms with van der Waals surface area (Å²) in [7, 11) is 0. The summed E-state index contributed by atoms with van der Waals surface area (Å²) < 4.78 is 43.8. The highest BCUT2D eigenvalue weighted by Crippen LogP contribution is 2.35. The van der Waals surface area contributed by atoms with Gasteiger partial charge in [0.15, 0.2) is 11.5 Å². The molecule has 0 saturated heterocycles. The lowest BCUT2D eigenvalue weighted by Crippen LogP contribution is -2.06. The van der Waals surface area contributed by atoms with E-state index in [-0.39, 0.29) is 17.2 Å². The minimum absolute atomic E-state index is 0.0905. The highest BCUT2D eigenvalue weighted by Gasteiger charge is 2.33. The summed E-state index contributed by atoms with van der Waals surface area (Å²) in [6.07, 6.45) is -3.42. The van der Waals surface area contributed by atoms with Crippen LogP contribution in [0.5, 0.6) is 11.5 Å². The van der Waals surface area contributed by atoms with Crippen LogP contribution in [0.3, 0.4) is 0 Å². The molecule has 0 aliphatic heterocycles. The normalized spacial score (nSPS) is 11.6. The summed E-state index contributed by atoms with van der Waals surface area (Å²) in [4.78, 5) is 10.1. The van der Waals surface area contributed by atoms with Gasteiger partial charge in [-0.15, -0.1) is 0 Å². The van der Waals surface area contributed by atoms with E-state index in [1.807, 2.05) is 0 Å². The van der Waals surface area contributed by atoms with E-state index in [1.54, 1.807) is 6.92 Å². The van der Waals surface area contributed by atoms with Crippen molar-refractivity contribution < 1.29 is 27.9 Å². The molecule has 0 radical (unpaired) electrons. The van der Waals surface area contributed by atoms with Crippen molar-refractivity contribution in [3.8, 4) is 11.5 Å². The Morgan fingerprint density at radius 2 is 2.07 bits per heavy atom. The molecule has 2 N–H and O–H groups in total. The fraction of sp³-hybridized carbons (Fsp3) is 0.188. The van der Waals surface area contributed by atoms with E-state index in [0.717, 1.165) is 6.07 Å². The van der Waals surface area contributed by atoms with Crippen LogP contribution in [0, 0.1) is 10.1 Å². The maximum atomic E-state index is 12.7. The first-order valence-corrected chi connectivity index (χ1v) is 8.22. The monoisotopic (exact) mass is 447 g/mol. The van der Waals surface area contributed by atoms with Gasteiger partial charge in [0, 0.05) is 16.1 Å². The lowest BCUT2D eigenvalue weighted by atomic mass is 10.1. The second-order valence-electron chi connectivity index (χ2n) is 5.13. The fourth-order valence-corrected chi connectivity index (χ4v) is 2.49. The Hall–Kier alpha value is -2.82. The second kappa shape index (κ2) is 8.25. The number of ether oxygens (including phenoxy) is 1. The van der Waals surface area contributed by atoms with Gasteiger partial charge in [-0.3, -0.25) is 15.5 Å². The molecular formula is C16H13BrF3N3O4. The molecule has 144 valence electrons. The number of alkyl halides is 3. The Balaban J connectivity index is 2.28. The zero-order valence-corrected chi connectivity index (χ0v) is 15.3. The predicted molar refractivity (Wildman–Crippen MR) is 96.3 cm³/mol. The van der Waals surface area contributed by atoms with Crippen LogP contribution >= 0.6 is 15.9 Å². The number of phenolic OH excluding ortho intramolecular Hbond substituents is 1. The molecule has 0 aliphatic rings. The number of nitro groups is 1.